The van der Waals surface area contributed by atoms with Gasteiger partial charge in [-0.2, -0.15) is 10.2 Å². The molecule has 0 saturated carbocycles. The van der Waals surface area contributed by atoms with Crippen LogP contribution < -0.4 is 19.8 Å². The molecule has 0 aliphatic carbocycles. The summed E-state index contributed by atoms with van der Waals surface area (Å²) in [5.41, 5.74) is 12.4. The van der Waals surface area contributed by atoms with Crippen molar-refractivity contribution in [1.29, 1.82) is 0 Å². The summed E-state index contributed by atoms with van der Waals surface area (Å²) < 4.78 is 48.9. The van der Waals surface area contributed by atoms with Gasteiger partial charge in [0.05, 0.1) is 33.6 Å². The molecule has 0 aromatic heterocycles. The SMILES string of the molecule is CS(=O)(=O)c1ccc(N(CCCCCN(/N=C/c2cc3c4c(c2)CCCN4CCC3)c2ccc(S(C)(=O)=O)cc2)N=Cc2cc3c4c(c2)CCCN4CCC3)cc1. The van der Waals surface area contributed by atoms with Crippen LogP contribution in [0.1, 0.15) is 78.3 Å². The van der Waals surface area contributed by atoms with Crippen LogP contribution in [-0.2, 0) is 45.4 Å². The number of anilines is 4. The molecule has 0 amide bonds. The van der Waals surface area contributed by atoms with Gasteiger partial charge in [-0.05, 0) is 177 Å². The van der Waals surface area contributed by atoms with Crippen LogP contribution in [0.5, 0.6) is 0 Å². The minimum absolute atomic E-state index is 0.288. The van der Waals surface area contributed by atoms with Crippen molar-refractivity contribution in [2.45, 2.75) is 80.4 Å². The van der Waals surface area contributed by atoms with Crippen molar-refractivity contribution in [2.75, 3.05) is 71.6 Å². The van der Waals surface area contributed by atoms with Gasteiger partial charge in [0.25, 0.3) is 0 Å². The zero-order chi connectivity index (χ0) is 39.6. The first kappa shape index (κ1) is 39.2. The Balaban J connectivity index is 0.982. The first-order valence-electron chi connectivity index (χ1n) is 20.5. The lowest BCUT2D eigenvalue weighted by atomic mass is 9.90. The van der Waals surface area contributed by atoms with Crippen LogP contribution in [-0.4, -0.2) is 81.0 Å². The van der Waals surface area contributed by atoms with Gasteiger partial charge in [-0.1, -0.05) is 0 Å². The third kappa shape index (κ3) is 9.07. The Hall–Kier alpha value is -4.68. The molecule has 12 heteroatoms. The number of hydrazone groups is 2. The van der Waals surface area contributed by atoms with E-state index in [0.29, 0.717) is 13.1 Å². The lowest BCUT2D eigenvalue weighted by molar-refractivity contribution is 0.600. The monoisotopic (exact) mass is 806 g/mol. The molecule has 10 nitrogen and oxygen atoms in total. The molecular formula is C45H54N6O4S2. The molecule has 0 N–H and O–H groups in total. The van der Waals surface area contributed by atoms with Gasteiger partial charge >= 0.3 is 0 Å². The number of hydrogen-bond acceptors (Lipinski definition) is 10. The summed E-state index contributed by atoms with van der Waals surface area (Å²) in [4.78, 5) is 5.66. The predicted octanol–water partition coefficient (Wildman–Crippen LogP) is 7.44. The van der Waals surface area contributed by atoms with Gasteiger partial charge in [0.2, 0.25) is 0 Å². The summed E-state index contributed by atoms with van der Waals surface area (Å²) in [5.74, 6) is 0. The summed E-state index contributed by atoms with van der Waals surface area (Å²) >= 11 is 0. The van der Waals surface area contributed by atoms with Crippen LogP contribution in [0.2, 0.25) is 0 Å². The highest BCUT2D eigenvalue weighted by Crippen LogP contribution is 2.37. The maximum absolute atomic E-state index is 12.2. The highest BCUT2D eigenvalue weighted by atomic mass is 32.2. The Morgan fingerprint density at radius 2 is 0.860 bits per heavy atom. The molecule has 300 valence electrons. The van der Waals surface area contributed by atoms with Crippen LogP contribution in [0.4, 0.5) is 22.7 Å². The van der Waals surface area contributed by atoms with Crippen molar-refractivity contribution >= 4 is 54.9 Å². The Bertz CT molecular complexity index is 2150. The maximum atomic E-state index is 12.2. The number of aryl methyl sites for hydroxylation is 4. The van der Waals surface area contributed by atoms with E-state index in [9.17, 15) is 16.8 Å². The van der Waals surface area contributed by atoms with E-state index in [1.165, 1.54) is 71.8 Å². The largest absolute Gasteiger partial charge is 0.371 e. The quantitative estimate of drug-likeness (QED) is 0.0736. The lowest BCUT2D eigenvalue weighted by Crippen LogP contribution is -2.34. The van der Waals surface area contributed by atoms with Crippen LogP contribution in [0, 0.1) is 0 Å². The van der Waals surface area contributed by atoms with Gasteiger partial charge < -0.3 is 9.80 Å². The predicted molar refractivity (Wildman–Crippen MR) is 233 cm³/mol. The molecule has 4 aliphatic rings. The molecular weight excluding hydrogens is 753 g/mol. The fourth-order valence-corrected chi connectivity index (χ4v) is 10.3. The summed E-state index contributed by atoms with van der Waals surface area (Å²) in [6.07, 6.45) is 18.0. The molecule has 4 aromatic carbocycles. The number of hydrogen-bond donors (Lipinski definition) is 0. The van der Waals surface area contributed by atoms with E-state index >= 15 is 0 Å². The standard InChI is InChI=1S/C45H54N6O4S2/c1-56(52,53)42-18-14-40(15-19-42)50(46-32-34-28-36-10-6-22-48-23-7-11-37(29-34)44(36)48)26-4-3-5-27-51(41-16-20-43(21-17-41)57(2,54)55)47-33-35-30-38-12-8-24-49-25-9-13-39(31-35)45(38)49/h14-21,28-33H,3-13,22-27H2,1-2H3/b46-32+,47-33?. The zero-order valence-electron chi connectivity index (χ0n) is 33.2. The molecule has 57 heavy (non-hydrogen) atoms. The number of benzene rings is 4. The van der Waals surface area contributed by atoms with E-state index < -0.39 is 19.7 Å². The summed E-state index contributed by atoms with van der Waals surface area (Å²) in [6.45, 7) is 5.86. The number of nitrogens with zero attached hydrogens (tertiary/aromatic N) is 6. The maximum Gasteiger partial charge on any atom is 0.175 e. The Labute approximate surface area is 338 Å². The van der Waals surface area contributed by atoms with Crippen LogP contribution in [0.25, 0.3) is 0 Å². The van der Waals surface area contributed by atoms with Gasteiger partial charge in [-0.3, -0.25) is 10.0 Å². The molecule has 0 bridgehead atoms. The minimum atomic E-state index is -3.32. The molecule has 0 saturated heterocycles. The lowest BCUT2D eigenvalue weighted by Gasteiger charge is -2.37. The van der Waals surface area contributed by atoms with E-state index in [4.69, 9.17) is 10.2 Å². The van der Waals surface area contributed by atoms with E-state index in [0.717, 1.165) is 93.6 Å². The highest BCUT2D eigenvalue weighted by Gasteiger charge is 2.25. The minimum Gasteiger partial charge on any atom is -0.371 e. The van der Waals surface area contributed by atoms with E-state index in [2.05, 4.69) is 34.1 Å². The van der Waals surface area contributed by atoms with E-state index in [1.807, 2.05) is 46.7 Å². The van der Waals surface area contributed by atoms with Crippen molar-refractivity contribution < 1.29 is 16.8 Å². The Morgan fingerprint density at radius 1 is 0.526 bits per heavy atom. The second kappa shape index (κ2) is 16.7. The van der Waals surface area contributed by atoms with Gasteiger partial charge in [0.15, 0.2) is 19.7 Å². The van der Waals surface area contributed by atoms with Crippen LogP contribution >= 0.6 is 0 Å². The molecule has 0 atom stereocenters. The Kier molecular flexibility index (Phi) is 11.4. The van der Waals surface area contributed by atoms with Crippen molar-refractivity contribution in [3.63, 3.8) is 0 Å². The Morgan fingerprint density at radius 3 is 1.18 bits per heavy atom. The summed E-state index contributed by atoms with van der Waals surface area (Å²) in [5, 5.41) is 14.0. The molecule has 4 aliphatic heterocycles. The molecule has 0 radical (unpaired) electrons. The average molecular weight is 807 g/mol. The fraction of sp³-hybridized carbons (Fsp3) is 0.422. The van der Waals surface area contributed by atoms with Crippen LogP contribution in [0.3, 0.4) is 0 Å². The topological polar surface area (TPSA) is 106 Å². The molecule has 4 aromatic rings. The smallest absolute Gasteiger partial charge is 0.175 e. The molecule has 0 unspecified atom stereocenters. The number of sulfone groups is 2. The first-order valence-corrected chi connectivity index (χ1v) is 24.3. The molecule has 8 rings (SSSR count). The first-order chi connectivity index (χ1) is 27.5. The van der Waals surface area contributed by atoms with Gasteiger partial charge in [-0.15, -0.1) is 0 Å². The van der Waals surface area contributed by atoms with Crippen molar-refractivity contribution in [3.05, 3.63) is 106 Å². The second-order valence-corrected chi connectivity index (χ2v) is 20.1. The van der Waals surface area contributed by atoms with Gasteiger partial charge in [0.1, 0.15) is 0 Å². The summed E-state index contributed by atoms with van der Waals surface area (Å²) in [7, 11) is -6.64. The van der Waals surface area contributed by atoms with Crippen molar-refractivity contribution in [2.24, 2.45) is 10.2 Å². The third-order valence-electron chi connectivity index (χ3n) is 11.8. The second-order valence-electron chi connectivity index (χ2n) is 16.1. The highest BCUT2D eigenvalue weighted by molar-refractivity contribution is 7.91. The summed E-state index contributed by atoms with van der Waals surface area (Å²) in [6, 6.07) is 23.1. The number of unbranched alkanes of at least 4 members (excludes halogenated alkanes) is 2. The fourth-order valence-electron chi connectivity index (χ4n) is 9.02. The zero-order valence-corrected chi connectivity index (χ0v) is 34.9. The van der Waals surface area contributed by atoms with Crippen molar-refractivity contribution in [1.82, 2.24) is 0 Å². The van der Waals surface area contributed by atoms with E-state index in [1.54, 1.807) is 24.3 Å². The van der Waals surface area contributed by atoms with E-state index in [-0.39, 0.29) is 9.79 Å². The average Bonchev–Trinajstić information content (AvgIpc) is 3.20. The molecule has 4 heterocycles. The third-order valence-corrected chi connectivity index (χ3v) is 14.0. The molecule has 0 spiro atoms. The van der Waals surface area contributed by atoms with Gasteiger partial charge in [0, 0.05) is 63.2 Å². The van der Waals surface area contributed by atoms with Crippen LogP contribution in [0.15, 0.2) is 92.8 Å². The normalized spacial score (nSPS) is 16.5. The van der Waals surface area contributed by atoms with Gasteiger partial charge in [-0.25, -0.2) is 16.8 Å². The molecule has 0 fully saturated rings. The number of rotatable bonds is 14. The van der Waals surface area contributed by atoms with Crippen molar-refractivity contribution in [3.8, 4) is 0 Å².